The second-order valence-corrected chi connectivity index (χ2v) is 7.97. The lowest BCUT2D eigenvalue weighted by molar-refractivity contribution is 0.0725. The van der Waals surface area contributed by atoms with Gasteiger partial charge < -0.3 is 18.9 Å². The number of amides is 1. The van der Waals surface area contributed by atoms with Crippen LogP contribution in [0.5, 0.6) is 11.5 Å². The van der Waals surface area contributed by atoms with Crippen LogP contribution in [0.2, 0.25) is 0 Å². The summed E-state index contributed by atoms with van der Waals surface area (Å²) in [6.07, 6.45) is 4.38. The number of methoxy groups -OCH3 is 2. The second kappa shape index (κ2) is 8.23. The molecule has 2 aromatic carbocycles. The summed E-state index contributed by atoms with van der Waals surface area (Å²) >= 11 is 0. The third-order valence-electron chi connectivity index (χ3n) is 6.04. The molecule has 0 unspecified atom stereocenters. The Morgan fingerprint density at radius 3 is 2.39 bits per heavy atom. The summed E-state index contributed by atoms with van der Waals surface area (Å²) in [6, 6.07) is 7.13. The van der Waals surface area contributed by atoms with E-state index in [2.05, 4.69) is 5.16 Å². The highest BCUT2D eigenvalue weighted by atomic mass is 19.1. The number of nitrogens with zero attached hydrogens (tertiary/aromatic N) is 3. The van der Waals surface area contributed by atoms with Crippen molar-refractivity contribution < 1.29 is 23.2 Å². The maximum absolute atomic E-state index is 13.9. The van der Waals surface area contributed by atoms with Gasteiger partial charge in [0.25, 0.3) is 11.5 Å². The summed E-state index contributed by atoms with van der Waals surface area (Å²) in [5.41, 5.74) is 0.204. The molecule has 0 bridgehead atoms. The lowest BCUT2D eigenvalue weighted by Gasteiger charge is -2.27. The molecule has 1 aliphatic rings. The van der Waals surface area contributed by atoms with Gasteiger partial charge in [-0.2, -0.15) is 0 Å². The van der Waals surface area contributed by atoms with Crippen LogP contribution in [0.25, 0.3) is 27.6 Å². The lowest BCUT2D eigenvalue weighted by Crippen LogP contribution is -2.36. The second-order valence-electron chi connectivity index (χ2n) is 7.97. The molecule has 0 saturated carbocycles. The monoisotopic (exact) mass is 451 g/mol. The summed E-state index contributed by atoms with van der Waals surface area (Å²) in [7, 11) is 2.96. The molecule has 1 amide bonds. The van der Waals surface area contributed by atoms with E-state index in [4.69, 9.17) is 14.0 Å². The molecule has 0 spiro atoms. The molecule has 2 aromatic heterocycles. The molecule has 0 radical (unpaired) electrons. The molecule has 0 N–H and O–H groups in total. The smallest absolute Gasteiger partial charge is 0.264 e. The molecule has 1 saturated heterocycles. The summed E-state index contributed by atoms with van der Waals surface area (Å²) in [5, 5.41) is 5.03. The Hall–Kier alpha value is -3.88. The van der Waals surface area contributed by atoms with Gasteiger partial charge in [-0.3, -0.25) is 14.2 Å². The van der Waals surface area contributed by atoms with E-state index in [-0.39, 0.29) is 17.1 Å². The number of fused-ring (bicyclic) bond motifs is 2. The normalized spacial score (nSPS) is 14.1. The van der Waals surface area contributed by atoms with E-state index in [1.165, 1.54) is 43.2 Å². The Morgan fingerprint density at radius 1 is 1.00 bits per heavy atom. The summed E-state index contributed by atoms with van der Waals surface area (Å²) < 4.78 is 31.3. The van der Waals surface area contributed by atoms with Crippen LogP contribution in [-0.4, -0.2) is 47.8 Å². The Labute approximate surface area is 188 Å². The fourth-order valence-electron chi connectivity index (χ4n) is 4.33. The highest BCUT2D eigenvalue weighted by Gasteiger charge is 2.25. The van der Waals surface area contributed by atoms with Crippen molar-refractivity contribution in [2.45, 2.75) is 19.3 Å². The molecule has 8 nitrogen and oxygen atoms in total. The van der Waals surface area contributed by atoms with Gasteiger partial charge in [0, 0.05) is 24.7 Å². The van der Waals surface area contributed by atoms with Gasteiger partial charge in [0.05, 0.1) is 30.6 Å². The minimum Gasteiger partial charge on any atom is -0.493 e. The number of piperidine rings is 1. The Balaban J connectivity index is 1.81. The fraction of sp³-hybridized carbons (Fsp3) is 0.292. The SMILES string of the molecule is COc1cc2c(C(=O)N3CCCCC3)cn(-c3noc4ccc(F)cc34)c(=O)c2cc1OC. The molecule has 0 atom stereocenters. The molecule has 9 heteroatoms. The molecule has 170 valence electrons. The zero-order chi connectivity index (χ0) is 23.1. The minimum atomic E-state index is -0.489. The number of benzene rings is 2. The first kappa shape index (κ1) is 21.0. The summed E-state index contributed by atoms with van der Waals surface area (Å²) in [4.78, 5) is 28.9. The van der Waals surface area contributed by atoms with Crippen LogP contribution < -0.4 is 15.0 Å². The van der Waals surface area contributed by atoms with Gasteiger partial charge in [-0.15, -0.1) is 0 Å². The number of aromatic nitrogens is 2. The molecular formula is C24H22FN3O5. The largest absolute Gasteiger partial charge is 0.493 e. The fourth-order valence-corrected chi connectivity index (χ4v) is 4.33. The first-order chi connectivity index (χ1) is 16.0. The zero-order valence-electron chi connectivity index (χ0n) is 18.3. The van der Waals surface area contributed by atoms with Crippen LogP contribution in [-0.2, 0) is 0 Å². The average Bonchev–Trinajstić information content (AvgIpc) is 3.26. The number of pyridine rings is 1. The third-order valence-corrected chi connectivity index (χ3v) is 6.04. The third kappa shape index (κ3) is 3.49. The number of carbonyl (C=O) groups excluding carboxylic acids is 1. The molecule has 1 fully saturated rings. The Morgan fingerprint density at radius 2 is 1.70 bits per heavy atom. The Kier molecular flexibility index (Phi) is 5.24. The highest BCUT2D eigenvalue weighted by molar-refractivity contribution is 6.07. The van der Waals surface area contributed by atoms with Crippen molar-refractivity contribution in [1.82, 2.24) is 14.6 Å². The van der Waals surface area contributed by atoms with E-state index in [0.717, 1.165) is 19.3 Å². The van der Waals surface area contributed by atoms with E-state index in [1.807, 2.05) is 0 Å². The van der Waals surface area contributed by atoms with Gasteiger partial charge >= 0.3 is 0 Å². The van der Waals surface area contributed by atoms with Gasteiger partial charge in [-0.25, -0.2) is 4.39 Å². The van der Waals surface area contributed by atoms with Crippen LogP contribution in [0.4, 0.5) is 4.39 Å². The van der Waals surface area contributed by atoms with E-state index < -0.39 is 11.4 Å². The molecule has 1 aliphatic heterocycles. The van der Waals surface area contributed by atoms with E-state index >= 15 is 0 Å². The van der Waals surface area contributed by atoms with Crippen molar-refractivity contribution in [3.8, 4) is 17.3 Å². The van der Waals surface area contributed by atoms with Crippen LogP contribution in [0.3, 0.4) is 0 Å². The molecule has 3 heterocycles. The first-order valence-corrected chi connectivity index (χ1v) is 10.7. The summed E-state index contributed by atoms with van der Waals surface area (Å²) in [5.74, 6) is 0.186. The Bertz CT molecular complexity index is 1440. The van der Waals surface area contributed by atoms with Crippen molar-refractivity contribution in [2.75, 3.05) is 27.3 Å². The van der Waals surface area contributed by atoms with E-state index in [0.29, 0.717) is 46.5 Å². The van der Waals surface area contributed by atoms with Gasteiger partial charge in [0.15, 0.2) is 22.9 Å². The number of halogens is 1. The lowest BCUT2D eigenvalue weighted by atomic mass is 10.0. The molecule has 33 heavy (non-hydrogen) atoms. The van der Waals surface area contributed by atoms with E-state index in [1.54, 1.807) is 17.0 Å². The number of rotatable bonds is 4. The molecule has 0 aliphatic carbocycles. The first-order valence-electron chi connectivity index (χ1n) is 10.7. The maximum Gasteiger partial charge on any atom is 0.264 e. The maximum atomic E-state index is 13.9. The van der Waals surface area contributed by atoms with Gasteiger partial charge in [0.1, 0.15) is 5.82 Å². The van der Waals surface area contributed by atoms with Gasteiger partial charge in [0.2, 0.25) is 0 Å². The quantitative estimate of drug-likeness (QED) is 0.468. The van der Waals surface area contributed by atoms with Crippen molar-refractivity contribution in [2.24, 2.45) is 0 Å². The minimum absolute atomic E-state index is 0.110. The standard InChI is InChI=1S/C24H22FN3O5/c1-31-20-11-15-16(12-21(20)32-2)24(30)28(13-18(15)23(29)27-8-4-3-5-9-27)22-17-10-14(25)6-7-19(17)33-26-22/h6-7,10-13H,3-5,8-9H2,1-2H3. The van der Waals surface area contributed by atoms with Crippen molar-refractivity contribution in [3.05, 3.63) is 58.3 Å². The predicted octanol–water partition coefficient (Wildman–Crippen LogP) is 3.91. The molecular weight excluding hydrogens is 429 g/mol. The summed E-state index contributed by atoms with van der Waals surface area (Å²) in [6.45, 7) is 1.29. The van der Waals surface area contributed by atoms with Crippen LogP contribution >= 0.6 is 0 Å². The van der Waals surface area contributed by atoms with Crippen molar-refractivity contribution in [3.63, 3.8) is 0 Å². The zero-order valence-corrected chi connectivity index (χ0v) is 18.3. The number of likely N-dealkylation sites (tertiary alicyclic amines) is 1. The average molecular weight is 451 g/mol. The number of hydrogen-bond acceptors (Lipinski definition) is 6. The van der Waals surface area contributed by atoms with E-state index in [9.17, 15) is 14.0 Å². The van der Waals surface area contributed by atoms with Crippen molar-refractivity contribution in [1.29, 1.82) is 0 Å². The van der Waals surface area contributed by atoms with Crippen LogP contribution in [0.1, 0.15) is 29.6 Å². The van der Waals surface area contributed by atoms with Gasteiger partial charge in [-0.05, 0) is 49.6 Å². The number of ether oxygens (including phenoxy) is 2. The number of hydrogen-bond donors (Lipinski definition) is 0. The van der Waals surface area contributed by atoms with Crippen molar-refractivity contribution >= 4 is 27.6 Å². The molecule has 4 aromatic rings. The topological polar surface area (TPSA) is 86.8 Å². The van der Waals surface area contributed by atoms with Crippen LogP contribution in [0.15, 0.2) is 45.8 Å². The van der Waals surface area contributed by atoms with Gasteiger partial charge in [-0.1, -0.05) is 5.16 Å². The highest BCUT2D eigenvalue weighted by Crippen LogP contribution is 2.34. The predicted molar refractivity (Wildman–Crippen MR) is 120 cm³/mol. The van der Waals surface area contributed by atoms with Crippen LogP contribution in [0, 0.1) is 5.82 Å². The number of carbonyl (C=O) groups is 1. The molecule has 5 rings (SSSR count).